The lowest BCUT2D eigenvalue weighted by molar-refractivity contribution is -0.121. The van der Waals surface area contributed by atoms with E-state index >= 15 is 0 Å². The summed E-state index contributed by atoms with van der Waals surface area (Å²) in [6.45, 7) is 2.21. The first-order valence-electron chi connectivity index (χ1n) is 9.27. The molecular formula is C21H19FN6OS. The fourth-order valence-corrected chi connectivity index (χ4v) is 3.26. The third-order valence-electron chi connectivity index (χ3n) is 4.65. The van der Waals surface area contributed by atoms with Gasteiger partial charge in [0.05, 0.1) is 12.0 Å². The van der Waals surface area contributed by atoms with Crippen molar-refractivity contribution in [3.8, 4) is 17.1 Å². The largest absolute Gasteiger partial charge is 0.350 e. The van der Waals surface area contributed by atoms with E-state index < -0.39 is 5.82 Å². The van der Waals surface area contributed by atoms with E-state index in [1.807, 2.05) is 31.2 Å². The van der Waals surface area contributed by atoms with E-state index in [-0.39, 0.29) is 19.0 Å². The fourth-order valence-electron chi connectivity index (χ4n) is 3.06. The van der Waals surface area contributed by atoms with Crippen molar-refractivity contribution in [2.24, 2.45) is 0 Å². The minimum absolute atomic E-state index is 0.00808. The highest BCUT2D eigenvalue weighted by Crippen LogP contribution is 2.18. The van der Waals surface area contributed by atoms with Crippen molar-refractivity contribution in [2.45, 2.75) is 20.0 Å². The second-order valence-electron chi connectivity index (χ2n) is 6.84. The van der Waals surface area contributed by atoms with Crippen LogP contribution in [0, 0.1) is 17.5 Å². The third kappa shape index (κ3) is 4.20. The van der Waals surface area contributed by atoms with Gasteiger partial charge in [0, 0.05) is 24.5 Å². The smallest absolute Gasteiger partial charge is 0.240 e. The van der Waals surface area contributed by atoms with Crippen molar-refractivity contribution in [3.05, 3.63) is 82.9 Å². The number of carbonyl (C=O) groups excluding carboxylic acids is 1. The Labute approximate surface area is 177 Å². The lowest BCUT2D eigenvalue weighted by Gasteiger charge is -2.10. The summed E-state index contributed by atoms with van der Waals surface area (Å²) in [6, 6.07) is 12.6. The summed E-state index contributed by atoms with van der Waals surface area (Å²) < 4.78 is 18.0. The normalized spacial score (nSPS) is 10.9. The van der Waals surface area contributed by atoms with Gasteiger partial charge in [-0.1, -0.05) is 35.9 Å². The molecule has 0 radical (unpaired) electrons. The third-order valence-corrected chi connectivity index (χ3v) is 4.97. The van der Waals surface area contributed by atoms with E-state index in [9.17, 15) is 9.18 Å². The van der Waals surface area contributed by atoms with Crippen LogP contribution < -0.4 is 5.32 Å². The molecule has 0 fully saturated rings. The van der Waals surface area contributed by atoms with Crippen molar-refractivity contribution < 1.29 is 9.18 Å². The van der Waals surface area contributed by atoms with Crippen LogP contribution in [0.4, 0.5) is 4.39 Å². The number of benzene rings is 2. The number of hydrogen-bond acceptors (Lipinski definition) is 4. The molecule has 2 N–H and O–H groups in total. The Morgan fingerprint density at radius 1 is 1.23 bits per heavy atom. The molecule has 0 aliphatic rings. The van der Waals surface area contributed by atoms with Crippen molar-refractivity contribution in [1.29, 1.82) is 0 Å². The van der Waals surface area contributed by atoms with Gasteiger partial charge in [0.2, 0.25) is 5.91 Å². The summed E-state index contributed by atoms with van der Waals surface area (Å²) in [5.41, 5.74) is 3.04. The second-order valence-corrected chi connectivity index (χ2v) is 7.22. The number of aryl methyl sites for hydroxylation is 1. The molecule has 2 aromatic heterocycles. The molecule has 2 aromatic carbocycles. The summed E-state index contributed by atoms with van der Waals surface area (Å²) in [5, 5.41) is 9.78. The average Bonchev–Trinajstić information content (AvgIpc) is 3.38. The Morgan fingerprint density at radius 3 is 2.73 bits per heavy atom. The highest BCUT2D eigenvalue weighted by atomic mass is 32.1. The maximum atomic E-state index is 14.4. The highest BCUT2D eigenvalue weighted by Gasteiger charge is 2.13. The fraction of sp³-hybridized carbons (Fsp3) is 0.143. The molecule has 4 aromatic rings. The molecule has 152 valence electrons. The molecule has 1 amide bonds. The predicted octanol–water partition coefficient (Wildman–Crippen LogP) is 3.56. The first-order valence-corrected chi connectivity index (χ1v) is 9.68. The molecule has 0 saturated heterocycles. The summed E-state index contributed by atoms with van der Waals surface area (Å²) >= 11 is 5.27. The lowest BCUT2D eigenvalue weighted by atomic mass is 10.1. The minimum atomic E-state index is -0.390. The van der Waals surface area contributed by atoms with Crippen molar-refractivity contribution in [3.63, 3.8) is 0 Å². The molecule has 0 aliphatic carbocycles. The Kier molecular flexibility index (Phi) is 5.53. The molecule has 2 heterocycles. The zero-order valence-corrected chi connectivity index (χ0v) is 17.0. The van der Waals surface area contributed by atoms with Gasteiger partial charge < -0.3 is 9.88 Å². The monoisotopic (exact) mass is 422 g/mol. The number of imidazole rings is 1. The van der Waals surface area contributed by atoms with Gasteiger partial charge >= 0.3 is 0 Å². The molecule has 0 spiro atoms. The number of nitrogens with one attached hydrogen (secondary N) is 2. The Morgan fingerprint density at radius 2 is 2.03 bits per heavy atom. The summed E-state index contributed by atoms with van der Waals surface area (Å²) in [4.78, 5) is 16.4. The average molecular weight is 422 g/mol. The van der Waals surface area contributed by atoms with E-state index in [1.165, 1.54) is 12.4 Å². The standard InChI is InChI=1S/C21H19FN6OS/c1-14-2-5-16(6-3-14)20-25-26-21(30)28(20)12-19(29)24-11-15-4-7-18(17(22)10-15)27-9-8-23-13-27/h2-10,13H,11-12H2,1H3,(H,24,29)(H,26,30). The summed E-state index contributed by atoms with van der Waals surface area (Å²) in [7, 11) is 0. The zero-order chi connectivity index (χ0) is 21.1. The number of rotatable bonds is 6. The van der Waals surface area contributed by atoms with Gasteiger partial charge in [-0.05, 0) is 36.8 Å². The highest BCUT2D eigenvalue weighted by molar-refractivity contribution is 7.71. The lowest BCUT2D eigenvalue weighted by Crippen LogP contribution is -2.27. The number of halogens is 1. The Balaban J connectivity index is 1.44. The number of carbonyl (C=O) groups is 1. The Bertz CT molecular complexity index is 1230. The van der Waals surface area contributed by atoms with Crippen molar-refractivity contribution >= 4 is 18.1 Å². The van der Waals surface area contributed by atoms with E-state index in [0.717, 1.165) is 11.1 Å². The first kappa shape index (κ1) is 19.7. The zero-order valence-electron chi connectivity index (χ0n) is 16.2. The molecule has 4 rings (SSSR count). The molecule has 30 heavy (non-hydrogen) atoms. The summed E-state index contributed by atoms with van der Waals surface area (Å²) in [6.07, 6.45) is 4.78. The quantitative estimate of drug-likeness (QED) is 0.466. The first-order chi connectivity index (χ1) is 14.5. The maximum absolute atomic E-state index is 14.4. The van der Waals surface area contributed by atoms with Crippen LogP contribution in [0.1, 0.15) is 11.1 Å². The van der Waals surface area contributed by atoms with E-state index in [0.29, 0.717) is 21.8 Å². The van der Waals surface area contributed by atoms with Gasteiger partial charge in [-0.25, -0.2) is 9.37 Å². The van der Waals surface area contributed by atoms with Crippen molar-refractivity contribution in [2.75, 3.05) is 0 Å². The maximum Gasteiger partial charge on any atom is 0.240 e. The SMILES string of the molecule is Cc1ccc(-c2n[nH]c(=S)n2CC(=O)NCc2ccc(-n3ccnc3)c(F)c2)cc1. The van der Waals surface area contributed by atoms with Crippen LogP contribution in [-0.4, -0.2) is 30.2 Å². The minimum Gasteiger partial charge on any atom is -0.350 e. The molecular weight excluding hydrogens is 403 g/mol. The number of nitrogens with zero attached hydrogens (tertiary/aromatic N) is 4. The number of aromatic nitrogens is 5. The predicted molar refractivity (Wildman–Crippen MR) is 113 cm³/mol. The van der Waals surface area contributed by atoms with Gasteiger partial charge in [-0.2, -0.15) is 5.10 Å². The van der Waals surface area contributed by atoms with Crippen LogP contribution in [0.3, 0.4) is 0 Å². The van der Waals surface area contributed by atoms with Gasteiger partial charge in [0.1, 0.15) is 12.4 Å². The number of hydrogen-bond donors (Lipinski definition) is 2. The van der Waals surface area contributed by atoms with Gasteiger partial charge in [-0.3, -0.25) is 14.5 Å². The molecule has 9 heteroatoms. The topological polar surface area (TPSA) is 80.5 Å². The number of H-pyrrole nitrogens is 1. The molecule has 0 bridgehead atoms. The Hall–Kier alpha value is -3.59. The second kappa shape index (κ2) is 8.42. The van der Waals surface area contributed by atoms with Crippen LogP contribution in [0.25, 0.3) is 17.1 Å². The van der Waals surface area contributed by atoms with Crippen molar-refractivity contribution in [1.82, 2.24) is 29.6 Å². The van der Waals surface area contributed by atoms with E-state index in [1.54, 1.807) is 33.7 Å². The molecule has 0 atom stereocenters. The van der Waals surface area contributed by atoms with Gasteiger partial charge in [0.15, 0.2) is 10.6 Å². The van der Waals surface area contributed by atoms with Crippen LogP contribution in [0.15, 0.2) is 61.2 Å². The van der Waals surface area contributed by atoms with E-state index in [2.05, 4.69) is 20.5 Å². The van der Waals surface area contributed by atoms with Crippen LogP contribution in [0.2, 0.25) is 0 Å². The number of aromatic amines is 1. The van der Waals surface area contributed by atoms with Crippen LogP contribution in [-0.2, 0) is 17.9 Å². The van der Waals surface area contributed by atoms with Crippen LogP contribution >= 0.6 is 12.2 Å². The van der Waals surface area contributed by atoms with E-state index in [4.69, 9.17) is 12.2 Å². The number of amides is 1. The van der Waals surface area contributed by atoms with Gasteiger partial charge in [0.25, 0.3) is 0 Å². The molecule has 0 unspecified atom stereocenters. The molecule has 0 aliphatic heterocycles. The van der Waals surface area contributed by atoms with Crippen LogP contribution in [0.5, 0.6) is 0 Å². The molecule has 0 saturated carbocycles. The van der Waals surface area contributed by atoms with Gasteiger partial charge in [-0.15, -0.1) is 0 Å². The molecule has 7 nitrogen and oxygen atoms in total. The summed E-state index contributed by atoms with van der Waals surface area (Å²) in [5.74, 6) is -0.0516.